The summed E-state index contributed by atoms with van der Waals surface area (Å²) in [6.45, 7) is -0.473. The van der Waals surface area contributed by atoms with Gasteiger partial charge in [0.15, 0.2) is 11.6 Å². The first-order valence-electron chi connectivity index (χ1n) is 4.58. The minimum absolute atomic E-state index is 0.0229. The molecule has 0 fully saturated rings. The summed E-state index contributed by atoms with van der Waals surface area (Å²) in [5, 5.41) is 0. The molecule has 90 valence electrons. The smallest absolute Gasteiger partial charge is 0.255 e. The van der Waals surface area contributed by atoms with Crippen LogP contribution in [0.2, 0.25) is 0 Å². The summed E-state index contributed by atoms with van der Waals surface area (Å²) >= 11 is 0. The maximum Gasteiger partial charge on any atom is 0.255 e. The monoisotopic (exact) mass is 234 g/mol. The molecule has 0 aromatic heterocycles. The fourth-order valence-electron chi connectivity index (χ4n) is 1.35. The van der Waals surface area contributed by atoms with Gasteiger partial charge in [-0.2, -0.15) is 0 Å². The van der Waals surface area contributed by atoms with Crippen molar-refractivity contribution in [3.05, 3.63) is 17.9 Å². The number of rotatable bonds is 4. The second kappa shape index (κ2) is 4.96. The van der Waals surface area contributed by atoms with E-state index >= 15 is 0 Å². The number of hydrogen-bond donors (Lipinski definition) is 1. The number of ether oxygens (including phenoxy) is 1. The third-order valence-electron chi connectivity index (χ3n) is 2.12. The molecule has 0 heterocycles. The number of nitrogens with two attached hydrogens (primary N) is 1. The maximum atomic E-state index is 13.2. The van der Waals surface area contributed by atoms with E-state index in [2.05, 4.69) is 0 Å². The molecule has 0 aliphatic carbocycles. The number of anilines is 2. The summed E-state index contributed by atoms with van der Waals surface area (Å²) in [6.07, 6.45) is -2.49. The van der Waals surface area contributed by atoms with Gasteiger partial charge >= 0.3 is 0 Å². The number of benzene rings is 1. The van der Waals surface area contributed by atoms with E-state index in [9.17, 15) is 13.2 Å². The number of methoxy groups -OCH3 is 1. The van der Waals surface area contributed by atoms with E-state index in [0.29, 0.717) is 5.69 Å². The van der Waals surface area contributed by atoms with Gasteiger partial charge in [0.25, 0.3) is 6.43 Å². The van der Waals surface area contributed by atoms with Gasteiger partial charge in [0.1, 0.15) is 0 Å². The van der Waals surface area contributed by atoms with E-state index in [-0.39, 0.29) is 11.4 Å². The summed E-state index contributed by atoms with van der Waals surface area (Å²) in [4.78, 5) is 1.25. The predicted molar refractivity (Wildman–Crippen MR) is 56.6 cm³/mol. The molecular weight excluding hydrogens is 221 g/mol. The summed E-state index contributed by atoms with van der Waals surface area (Å²) in [5.41, 5.74) is 5.96. The van der Waals surface area contributed by atoms with Crippen molar-refractivity contribution in [2.45, 2.75) is 6.43 Å². The van der Waals surface area contributed by atoms with Crippen LogP contribution in [0, 0.1) is 5.82 Å². The normalized spacial score (nSPS) is 10.6. The van der Waals surface area contributed by atoms with Gasteiger partial charge in [-0.25, -0.2) is 13.2 Å². The topological polar surface area (TPSA) is 38.5 Å². The minimum atomic E-state index is -2.49. The number of nitrogen functional groups attached to an aromatic ring is 1. The Kier molecular flexibility index (Phi) is 3.87. The molecule has 0 unspecified atom stereocenters. The Morgan fingerprint density at radius 1 is 1.44 bits per heavy atom. The van der Waals surface area contributed by atoms with Crippen molar-refractivity contribution in [3.8, 4) is 5.75 Å². The Morgan fingerprint density at radius 2 is 2.06 bits per heavy atom. The Bertz CT molecular complexity index is 371. The van der Waals surface area contributed by atoms with Crippen LogP contribution in [0.1, 0.15) is 0 Å². The number of nitrogens with zero attached hydrogens (tertiary/aromatic N) is 1. The molecule has 0 saturated carbocycles. The van der Waals surface area contributed by atoms with Crippen LogP contribution >= 0.6 is 0 Å². The second-order valence-corrected chi connectivity index (χ2v) is 3.32. The van der Waals surface area contributed by atoms with Crippen molar-refractivity contribution < 1.29 is 17.9 Å². The van der Waals surface area contributed by atoms with Gasteiger partial charge in [-0.3, -0.25) is 0 Å². The minimum Gasteiger partial charge on any atom is -0.494 e. The van der Waals surface area contributed by atoms with Crippen molar-refractivity contribution >= 4 is 11.4 Å². The molecule has 1 rings (SSSR count). The molecule has 0 atom stereocenters. The third kappa shape index (κ3) is 2.71. The Labute approximate surface area is 91.6 Å². The maximum absolute atomic E-state index is 13.2. The van der Waals surface area contributed by atoms with Crippen molar-refractivity contribution in [3.63, 3.8) is 0 Å². The Morgan fingerprint density at radius 3 is 2.56 bits per heavy atom. The molecule has 0 bridgehead atoms. The molecular formula is C10H13F3N2O. The molecule has 0 radical (unpaired) electrons. The lowest BCUT2D eigenvalue weighted by Crippen LogP contribution is -2.25. The van der Waals surface area contributed by atoms with E-state index in [4.69, 9.17) is 10.5 Å². The van der Waals surface area contributed by atoms with Gasteiger partial charge in [-0.1, -0.05) is 0 Å². The first-order valence-corrected chi connectivity index (χ1v) is 4.58. The summed E-state index contributed by atoms with van der Waals surface area (Å²) in [7, 11) is 2.75. The lowest BCUT2D eigenvalue weighted by atomic mass is 10.2. The highest BCUT2D eigenvalue weighted by Gasteiger charge is 2.14. The molecule has 1 aromatic carbocycles. The summed E-state index contributed by atoms with van der Waals surface area (Å²) in [5.74, 6) is -0.639. The largest absolute Gasteiger partial charge is 0.494 e. The van der Waals surface area contributed by atoms with Gasteiger partial charge in [0.2, 0.25) is 0 Å². The molecule has 1 aromatic rings. The van der Waals surface area contributed by atoms with Crippen LogP contribution in [0.15, 0.2) is 12.1 Å². The van der Waals surface area contributed by atoms with Crippen LogP contribution in [0.4, 0.5) is 24.5 Å². The van der Waals surface area contributed by atoms with Crippen LogP contribution in [0.25, 0.3) is 0 Å². The zero-order valence-corrected chi connectivity index (χ0v) is 9.01. The SMILES string of the molecule is COc1cc(N(C)CC(F)F)c(N)cc1F. The molecule has 6 heteroatoms. The average molecular weight is 234 g/mol. The highest BCUT2D eigenvalue weighted by Crippen LogP contribution is 2.30. The van der Waals surface area contributed by atoms with Crippen molar-refractivity contribution in [1.82, 2.24) is 0 Å². The summed E-state index contributed by atoms with van der Waals surface area (Å²) in [6, 6.07) is 2.35. The Balaban J connectivity index is 3.03. The van der Waals surface area contributed by atoms with E-state index < -0.39 is 18.8 Å². The number of alkyl halides is 2. The van der Waals surface area contributed by atoms with Crippen molar-refractivity contribution in [2.24, 2.45) is 0 Å². The second-order valence-electron chi connectivity index (χ2n) is 3.32. The molecule has 16 heavy (non-hydrogen) atoms. The lowest BCUT2D eigenvalue weighted by Gasteiger charge is -2.21. The molecule has 2 N–H and O–H groups in total. The molecule has 3 nitrogen and oxygen atoms in total. The lowest BCUT2D eigenvalue weighted by molar-refractivity contribution is 0.156. The van der Waals surface area contributed by atoms with E-state index in [1.807, 2.05) is 0 Å². The number of hydrogen-bond acceptors (Lipinski definition) is 3. The summed E-state index contributed by atoms with van der Waals surface area (Å²) < 4.78 is 42.3. The zero-order chi connectivity index (χ0) is 12.3. The molecule has 0 amide bonds. The van der Waals surface area contributed by atoms with Crippen LogP contribution < -0.4 is 15.4 Å². The van der Waals surface area contributed by atoms with Crippen LogP contribution in [0.3, 0.4) is 0 Å². The fraction of sp³-hybridized carbons (Fsp3) is 0.400. The quantitative estimate of drug-likeness (QED) is 0.811. The highest BCUT2D eigenvalue weighted by molar-refractivity contribution is 5.69. The van der Waals surface area contributed by atoms with Gasteiger partial charge in [0.05, 0.1) is 25.0 Å². The van der Waals surface area contributed by atoms with Crippen LogP contribution in [-0.2, 0) is 0 Å². The molecule has 0 saturated heterocycles. The molecule has 0 spiro atoms. The first kappa shape index (κ1) is 12.5. The van der Waals surface area contributed by atoms with E-state index in [1.54, 1.807) is 0 Å². The highest BCUT2D eigenvalue weighted by atomic mass is 19.3. The van der Waals surface area contributed by atoms with Gasteiger partial charge in [0, 0.05) is 19.2 Å². The molecule has 0 aliphatic rings. The van der Waals surface area contributed by atoms with Crippen LogP contribution in [-0.4, -0.2) is 27.1 Å². The van der Waals surface area contributed by atoms with Crippen molar-refractivity contribution in [1.29, 1.82) is 0 Å². The van der Waals surface area contributed by atoms with Gasteiger partial charge in [-0.05, 0) is 0 Å². The standard InChI is InChI=1S/C10H13F3N2O/c1-15(5-10(12)13)8-4-9(16-2)6(11)3-7(8)14/h3-4,10H,5,14H2,1-2H3. The van der Waals surface area contributed by atoms with E-state index in [1.165, 1.54) is 25.1 Å². The zero-order valence-electron chi connectivity index (χ0n) is 9.01. The van der Waals surface area contributed by atoms with E-state index in [0.717, 1.165) is 6.07 Å². The van der Waals surface area contributed by atoms with Crippen molar-refractivity contribution in [2.75, 3.05) is 31.3 Å². The van der Waals surface area contributed by atoms with Gasteiger partial charge < -0.3 is 15.4 Å². The van der Waals surface area contributed by atoms with Gasteiger partial charge in [-0.15, -0.1) is 0 Å². The van der Waals surface area contributed by atoms with Crippen LogP contribution in [0.5, 0.6) is 5.75 Å². The molecule has 0 aliphatic heterocycles. The fourth-order valence-corrected chi connectivity index (χ4v) is 1.35. The number of halogens is 3. The Hall–Kier alpha value is -1.59. The average Bonchev–Trinajstić information content (AvgIpc) is 2.16. The third-order valence-corrected chi connectivity index (χ3v) is 2.12. The predicted octanol–water partition coefficient (Wildman–Crippen LogP) is 2.12. The first-order chi connectivity index (χ1) is 7.45.